The molecule has 2 aromatic carbocycles. The van der Waals surface area contributed by atoms with Gasteiger partial charge in [0.05, 0.1) is 28.7 Å². The number of aryl methyl sites for hydroxylation is 1. The first-order valence-corrected chi connectivity index (χ1v) is 15.2. The van der Waals surface area contributed by atoms with E-state index in [0.717, 1.165) is 37.8 Å². The molecule has 1 fully saturated rings. The lowest BCUT2D eigenvalue weighted by molar-refractivity contribution is -0.144. The van der Waals surface area contributed by atoms with E-state index in [1.165, 1.54) is 4.57 Å². The maximum absolute atomic E-state index is 14.6. The summed E-state index contributed by atoms with van der Waals surface area (Å²) in [6.07, 6.45) is -5.06. The molecule has 0 radical (unpaired) electrons. The van der Waals surface area contributed by atoms with Crippen molar-refractivity contribution >= 4 is 27.8 Å². The highest BCUT2D eigenvalue weighted by Crippen LogP contribution is 2.42. The Morgan fingerprint density at radius 3 is 2.18 bits per heavy atom. The number of unbranched alkanes of at least 4 members (excludes halogenated alkanes) is 1. The molecule has 0 unspecified atom stereocenters. The summed E-state index contributed by atoms with van der Waals surface area (Å²) in [6.45, 7) is 7.62. The van der Waals surface area contributed by atoms with Crippen LogP contribution >= 0.6 is 0 Å². The average molecular weight is 620 g/mol. The lowest BCUT2D eigenvalue weighted by atomic mass is 9.95. The zero-order chi connectivity index (χ0) is 31.9. The predicted octanol–water partition coefficient (Wildman–Crippen LogP) is 9.11. The summed E-state index contributed by atoms with van der Waals surface area (Å²) in [4.78, 5) is 9.57. The third-order valence-electron chi connectivity index (χ3n) is 7.90. The number of para-hydroxylation sites is 1. The van der Waals surface area contributed by atoms with Gasteiger partial charge in [-0.1, -0.05) is 44.4 Å². The zero-order valence-corrected chi connectivity index (χ0v) is 25.5. The second-order valence-electron chi connectivity index (χ2n) is 12.8. The largest absolute Gasteiger partial charge is 0.416 e. The second kappa shape index (κ2) is 12.2. The lowest BCUT2D eigenvalue weighted by Crippen LogP contribution is -2.26. The molecule has 5 rings (SSSR count). The van der Waals surface area contributed by atoms with E-state index in [1.807, 2.05) is 27.7 Å². The Morgan fingerprint density at radius 2 is 1.59 bits per heavy atom. The quantitative estimate of drug-likeness (QED) is 0.130. The van der Waals surface area contributed by atoms with Gasteiger partial charge in [-0.05, 0) is 75.4 Å². The molecule has 2 N–H and O–H groups in total. The minimum atomic E-state index is -5.00. The van der Waals surface area contributed by atoms with E-state index in [9.17, 15) is 26.3 Å². The van der Waals surface area contributed by atoms with Gasteiger partial charge in [-0.25, -0.2) is 9.97 Å². The third-order valence-corrected chi connectivity index (χ3v) is 7.90. The summed E-state index contributed by atoms with van der Waals surface area (Å²) in [7, 11) is 0. The predicted molar refractivity (Wildman–Crippen MR) is 162 cm³/mol. The van der Waals surface area contributed by atoms with Crippen LogP contribution in [0.15, 0.2) is 36.4 Å². The van der Waals surface area contributed by atoms with E-state index in [2.05, 4.69) is 10.6 Å². The number of pyridine rings is 1. The number of halogens is 6. The van der Waals surface area contributed by atoms with Crippen LogP contribution in [-0.2, 0) is 31.9 Å². The van der Waals surface area contributed by atoms with E-state index in [-0.39, 0.29) is 12.1 Å². The highest BCUT2D eigenvalue weighted by molar-refractivity contribution is 6.07. The fraction of sp³-hybridized carbons (Fsp3) is 0.515. The van der Waals surface area contributed by atoms with Crippen LogP contribution in [0.2, 0.25) is 0 Å². The van der Waals surface area contributed by atoms with Crippen molar-refractivity contribution in [1.82, 2.24) is 19.9 Å². The van der Waals surface area contributed by atoms with Crippen LogP contribution in [0.5, 0.6) is 0 Å². The second-order valence-corrected chi connectivity index (χ2v) is 12.8. The van der Waals surface area contributed by atoms with Crippen LogP contribution in [0.1, 0.15) is 87.9 Å². The Balaban J connectivity index is 1.71. The van der Waals surface area contributed by atoms with Gasteiger partial charge >= 0.3 is 12.4 Å². The highest BCUT2D eigenvalue weighted by Gasteiger charge is 2.41. The van der Waals surface area contributed by atoms with E-state index in [0.29, 0.717) is 58.9 Å². The first kappa shape index (κ1) is 32.1. The van der Waals surface area contributed by atoms with Gasteiger partial charge in [0, 0.05) is 23.9 Å². The molecule has 5 nitrogen and oxygen atoms in total. The molecule has 11 heteroatoms. The average Bonchev–Trinajstić information content (AvgIpc) is 3.68. The number of fused-ring (bicyclic) bond motifs is 3. The van der Waals surface area contributed by atoms with Crippen LogP contribution in [0, 0.1) is 5.92 Å². The van der Waals surface area contributed by atoms with Crippen molar-refractivity contribution in [2.24, 2.45) is 5.92 Å². The normalized spacial score (nSPS) is 14.6. The fourth-order valence-corrected chi connectivity index (χ4v) is 5.63. The van der Waals surface area contributed by atoms with Crippen molar-refractivity contribution in [3.05, 3.63) is 64.5 Å². The number of nitrogens with one attached hydrogen (secondary N) is 2. The molecule has 0 spiro atoms. The third kappa shape index (κ3) is 7.30. The number of hydrogen-bond donors (Lipinski definition) is 2. The minimum absolute atomic E-state index is 0.0443. The van der Waals surface area contributed by atoms with Crippen molar-refractivity contribution in [3.63, 3.8) is 0 Å². The molecule has 1 aliphatic rings. The van der Waals surface area contributed by atoms with Crippen LogP contribution in [-0.4, -0.2) is 26.6 Å². The Morgan fingerprint density at radius 1 is 0.932 bits per heavy atom. The molecular weight excluding hydrogens is 580 g/mol. The summed E-state index contributed by atoms with van der Waals surface area (Å²) in [5.74, 6) is 1.45. The Hall–Kier alpha value is -3.34. The molecule has 2 heterocycles. The first-order chi connectivity index (χ1) is 20.7. The summed E-state index contributed by atoms with van der Waals surface area (Å²) >= 11 is 0. The number of hydrogen-bond acceptors (Lipinski definition) is 4. The SMILES string of the molecule is CCCCc1nc2c(NC(C)(C)C)nc3ccccc3c2n1Cc1c(C(F)(F)F)cc(CNCCC2CC2)cc1C(F)(F)F. The van der Waals surface area contributed by atoms with Gasteiger partial charge in [0.15, 0.2) is 5.82 Å². The Labute approximate surface area is 253 Å². The maximum Gasteiger partial charge on any atom is 0.416 e. The highest BCUT2D eigenvalue weighted by atomic mass is 19.4. The minimum Gasteiger partial charge on any atom is -0.364 e. The molecule has 1 aliphatic carbocycles. The molecule has 4 aromatic rings. The Kier molecular flexibility index (Phi) is 8.90. The topological polar surface area (TPSA) is 54.8 Å². The number of rotatable bonds is 11. The van der Waals surface area contributed by atoms with Crippen LogP contribution in [0.4, 0.5) is 32.2 Å². The van der Waals surface area contributed by atoms with Crippen LogP contribution < -0.4 is 10.6 Å². The summed E-state index contributed by atoms with van der Waals surface area (Å²) in [5.41, 5.74) is -2.39. The van der Waals surface area contributed by atoms with Crippen LogP contribution in [0.25, 0.3) is 21.9 Å². The number of imidazole rings is 1. The van der Waals surface area contributed by atoms with E-state index in [1.54, 1.807) is 24.3 Å². The maximum atomic E-state index is 14.6. The number of nitrogens with zero attached hydrogens (tertiary/aromatic N) is 3. The molecule has 0 atom stereocenters. The standard InChI is InChI=1S/C33H39F6N5/c1-5-6-11-27-42-28-29(22-9-7-8-10-26(22)41-30(28)43-31(2,3)4)44(27)19-23-24(32(34,35)36)16-21(17-25(23)33(37,38)39)18-40-15-14-20-12-13-20/h7-10,16-17,20,40H,5-6,11-15,18-19H2,1-4H3,(H,41,43). The first-order valence-electron chi connectivity index (χ1n) is 15.2. The number of anilines is 1. The summed E-state index contributed by atoms with van der Waals surface area (Å²) in [5, 5.41) is 6.98. The van der Waals surface area contributed by atoms with Crippen molar-refractivity contribution in [3.8, 4) is 0 Å². The molecule has 238 valence electrons. The molecule has 0 saturated heterocycles. The van der Waals surface area contributed by atoms with Gasteiger partial charge in [0.2, 0.25) is 0 Å². The summed E-state index contributed by atoms with van der Waals surface area (Å²) < 4.78 is 89.2. The monoisotopic (exact) mass is 619 g/mol. The van der Waals surface area contributed by atoms with Gasteiger partial charge in [-0.15, -0.1) is 0 Å². The van der Waals surface area contributed by atoms with Gasteiger partial charge < -0.3 is 15.2 Å². The molecule has 0 bridgehead atoms. The fourth-order valence-electron chi connectivity index (χ4n) is 5.63. The van der Waals surface area contributed by atoms with Gasteiger partial charge in [-0.3, -0.25) is 0 Å². The number of benzene rings is 2. The smallest absolute Gasteiger partial charge is 0.364 e. The number of aromatic nitrogens is 3. The van der Waals surface area contributed by atoms with Gasteiger partial charge in [0.25, 0.3) is 0 Å². The van der Waals surface area contributed by atoms with Crippen molar-refractivity contribution < 1.29 is 26.3 Å². The molecule has 1 saturated carbocycles. The van der Waals surface area contributed by atoms with E-state index < -0.39 is 41.1 Å². The van der Waals surface area contributed by atoms with Crippen molar-refractivity contribution in [2.45, 2.75) is 97.2 Å². The summed E-state index contributed by atoms with van der Waals surface area (Å²) in [6, 6.07) is 8.86. The van der Waals surface area contributed by atoms with E-state index in [4.69, 9.17) is 9.97 Å². The molecule has 2 aromatic heterocycles. The Bertz CT molecular complexity index is 1590. The van der Waals surface area contributed by atoms with E-state index >= 15 is 0 Å². The molecule has 0 amide bonds. The zero-order valence-electron chi connectivity index (χ0n) is 25.5. The molecule has 0 aliphatic heterocycles. The van der Waals surface area contributed by atoms with Gasteiger partial charge in [0.1, 0.15) is 11.3 Å². The van der Waals surface area contributed by atoms with Gasteiger partial charge in [-0.2, -0.15) is 26.3 Å². The lowest BCUT2D eigenvalue weighted by Gasteiger charge is -2.23. The molecule has 44 heavy (non-hydrogen) atoms. The van der Waals surface area contributed by atoms with Crippen LogP contribution in [0.3, 0.4) is 0 Å². The van der Waals surface area contributed by atoms with Crippen molar-refractivity contribution in [2.75, 3.05) is 11.9 Å². The number of alkyl halides is 6. The van der Waals surface area contributed by atoms with Crippen molar-refractivity contribution in [1.29, 1.82) is 0 Å². The molecular formula is C33H39F6N5.